The summed E-state index contributed by atoms with van der Waals surface area (Å²) >= 11 is 0. The van der Waals surface area contributed by atoms with Crippen molar-refractivity contribution in [3.63, 3.8) is 0 Å². The fraction of sp³-hybridized carbons (Fsp3) is 0.667. The van der Waals surface area contributed by atoms with Crippen molar-refractivity contribution in [2.45, 2.75) is 26.2 Å². The number of nitrogens with zero attached hydrogens (tertiary/aromatic N) is 4. The maximum atomic E-state index is 5.45. The van der Waals surface area contributed by atoms with Gasteiger partial charge in [-0.15, -0.1) is 0 Å². The van der Waals surface area contributed by atoms with E-state index < -0.39 is 0 Å². The molecule has 0 spiro atoms. The van der Waals surface area contributed by atoms with Gasteiger partial charge in [-0.3, -0.25) is 4.84 Å². The van der Waals surface area contributed by atoms with Gasteiger partial charge in [-0.1, -0.05) is 19.8 Å². The van der Waals surface area contributed by atoms with E-state index in [0.29, 0.717) is 12.6 Å². The monoisotopic (exact) mass is 226 g/mol. The Balaban J connectivity index is 2.48. The van der Waals surface area contributed by atoms with Crippen molar-refractivity contribution in [3.8, 4) is 0 Å². The van der Waals surface area contributed by atoms with Gasteiger partial charge in [0.15, 0.2) is 0 Å². The van der Waals surface area contributed by atoms with Crippen LogP contribution in [-0.2, 0) is 4.84 Å². The Bertz CT molecular complexity index is 312. The van der Waals surface area contributed by atoms with E-state index in [9.17, 15) is 0 Å². The smallest absolute Gasteiger partial charge is 0.256 e. The molecule has 0 atom stereocenters. The molecule has 4 N–H and O–H groups in total. The summed E-state index contributed by atoms with van der Waals surface area (Å²) in [6.07, 6.45) is 3.28. The Morgan fingerprint density at radius 3 is 2.31 bits per heavy atom. The van der Waals surface area contributed by atoms with Crippen molar-refractivity contribution in [2.75, 3.05) is 30.2 Å². The Morgan fingerprint density at radius 2 is 1.75 bits per heavy atom. The highest BCUT2D eigenvalue weighted by molar-refractivity contribution is 5.36. The molecule has 7 heteroatoms. The van der Waals surface area contributed by atoms with Crippen molar-refractivity contribution < 1.29 is 4.84 Å². The predicted molar refractivity (Wildman–Crippen MR) is 62.5 cm³/mol. The molecule has 16 heavy (non-hydrogen) atoms. The van der Waals surface area contributed by atoms with Gasteiger partial charge >= 0.3 is 0 Å². The highest BCUT2D eigenvalue weighted by Crippen LogP contribution is 2.09. The Kier molecular flexibility index (Phi) is 4.71. The summed E-state index contributed by atoms with van der Waals surface area (Å²) in [6.45, 7) is 2.76. The molecule has 0 saturated heterocycles. The first-order chi connectivity index (χ1) is 7.63. The molecule has 0 aliphatic carbocycles. The average Bonchev–Trinajstić information content (AvgIpc) is 2.22. The lowest BCUT2D eigenvalue weighted by Crippen LogP contribution is -2.22. The zero-order valence-corrected chi connectivity index (χ0v) is 9.68. The second kappa shape index (κ2) is 6.06. The minimum Gasteiger partial charge on any atom is -0.368 e. The highest BCUT2D eigenvalue weighted by atomic mass is 16.7. The maximum absolute atomic E-state index is 5.45. The van der Waals surface area contributed by atoms with Crippen LogP contribution in [0.5, 0.6) is 0 Å². The van der Waals surface area contributed by atoms with Gasteiger partial charge in [0.1, 0.15) is 0 Å². The summed E-state index contributed by atoms with van der Waals surface area (Å²) in [4.78, 5) is 16.9. The Morgan fingerprint density at radius 1 is 1.12 bits per heavy atom. The third-order valence-corrected chi connectivity index (χ3v) is 1.97. The van der Waals surface area contributed by atoms with Crippen LogP contribution in [0, 0.1) is 0 Å². The molecule has 0 aromatic carbocycles. The first-order valence-electron chi connectivity index (χ1n) is 5.27. The molecule has 90 valence electrons. The molecule has 0 bridgehead atoms. The maximum Gasteiger partial charge on any atom is 0.256 e. The number of hydroxylamine groups is 1. The molecule has 1 aromatic rings. The Labute approximate surface area is 94.8 Å². The quantitative estimate of drug-likeness (QED) is 0.540. The average molecular weight is 226 g/mol. The van der Waals surface area contributed by atoms with E-state index in [0.717, 1.165) is 19.3 Å². The van der Waals surface area contributed by atoms with Gasteiger partial charge < -0.3 is 11.5 Å². The second-order valence-electron chi connectivity index (χ2n) is 3.39. The van der Waals surface area contributed by atoms with Crippen LogP contribution in [0.1, 0.15) is 26.2 Å². The van der Waals surface area contributed by atoms with Crippen molar-refractivity contribution in [1.82, 2.24) is 15.0 Å². The number of rotatable bonds is 6. The van der Waals surface area contributed by atoms with E-state index in [1.165, 1.54) is 5.06 Å². The SMILES string of the molecule is CCCCCON(C)c1nc(N)nc(N)n1. The normalized spacial score (nSPS) is 10.4. The minimum absolute atomic E-state index is 0.0894. The van der Waals surface area contributed by atoms with Gasteiger partial charge in [-0.05, 0) is 6.42 Å². The third-order valence-electron chi connectivity index (χ3n) is 1.97. The molecule has 7 nitrogen and oxygen atoms in total. The largest absolute Gasteiger partial charge is 0.368 e. The van der Waals surface area contributed by atoms with Crippen LogP contribution >= 0.6 is 0 Å². The van der Waals surface area contributed by atoms with Crippen molar-refractivity contribution in [2.24, 2.45) is 0 Å². The number of anilines is 3. The van der Waals surface area contributed by atoms with E-state index in [1.807, 2.05) is 0 Å². The van der Waals surface area contributed by atoms with Gasteiger partial charge in [0.2, 0.25) is 11.9 Å². The molecule has 1 aromatic heterocycles. The fourth-order valence-electron chi connectivity index (χ4n) is 1.15. The van der Waals surface area contributed by atoms with Gasteiger partial charge in [0.05, 0.1) is 6.61 Å². The van der Waals surface area contributed by atoms with E-state index in [1.54, 1.807) is 7.05 Å². The standard InChI is InChI=1S/C9H18N6O/c1-3-4-5-6-16-15(2)9-13-7(10)12-8(11)14-9/h3-6H2,1-2H3,(H4,10,11,12,13,14). The van der Waals surface area contributed by atoms with E-state index in [4.69, 9.17) is 16.3 Å². The van der Waals surface area contributed by atoms with Crippen molar-refractivity contribution >= 4 is 17.8 Å². The molecule has 0 aliphatic rings. The van der Waals surface area contributed by atoms with Crippen molar-refractivity contribution in [3.05, 3.63) is 0 Å². The molecule has 0 fully saturated rings. The number of nitrogen functional groups attached to an aromatic ring is 2. The van der Waals surface area contributed by atoms with Crippen LogP contribution in [0.25, 0.3) is 0 Å². The topological polar surface area (TPSA) is 103 Å². The van der Waals surface area contributed by atoms with E-state index in [-0.39, 0.29) is 11.9 Å². The summed E-state index contributed by atoms with van der Waals surface area (Å²) in [6, 6.07) is 0. The van der Waals surface area contributed by atoms with E-state index in [2.05, 4.69) is 21.9 Å². The molecule has 0 aliphatic heterocycles. The number of nitrogens with two attached hydrogens (primary N) is 2. The zero-order valence-electron chi connectivity index (χ0n) is 9.68. The lowest BCUT2D eigenvalue weighted by atomic mass is 10.3. The third kappa shape index (κ3) is 3.85. The summed E-state index contributed by atoms with van der Waals surface area (Å²) in [5, 5.41) is 1.45. The zero-order chi connectivity index (χ0) is 12.0. The van der Waals surface area contributed by atoms with Gasteiger partial charge in [-0.25, -0.2) is 5.06 Å². The van der Waals surface area contributed by atoms with Crippen LogP contribution in [0.3, 0.4) is 0 Å². The van der Waals surface area contributed by atoms with Gasteiger partial charge in [0, 0.05) is 7.05 Å². The summed E-state index contributed by atoms with van der Waals surface area (Å²) in [7, 11) is 1.71. The lowest BCUT2D eigenvalue weighted by Gasteiger charge is -2.16. The highest BCUT2D eigenvalue weighted by Gasteiger charge is 2.07. The minimum atomic E-state index is 0.0894. The number of hydrogen-bond donors (Lipinski definition) is 2. The molecular formula is C9H18N6O. The summed E-state index contributed by atoms with van der Waals surface area (Å²) in [5.41, 5.74) is 10.9. The van der Waals surface area contributed by atoms with Crippen LogP contribution < -0.4 is 16.5 Å². The number of hydrogen-bond acceptors (Lipinski definition) is 7. The Hall–Kier alpha value is -1.63. The molecular weight excluding hydrogens is 208 g/mol. The van der Waals surface area contributed by atoms with Gasteiger partial charge in [-0.2, -0.15) is 15.0 Å². The summed E-state index contributed by atoms with van der Waals surface area (Å²) < 4.78 is 0. The van der Waals surface area contributed by atoms with Crippen molar-refractivity contribution in [1.29, 1.82) is 0 Å². The molecule has 1 rings (SSSR count). The molecule has 0 unspecified atom stereocenters. The summed E-state index contributed by atoms with van der Waals surface area (Å²) in [5.74, 6) is 0.500. The lowest BCUT2D eigenvalue weighted by molar-refractivity contribution is 0.114. The van der Waals surface area contributed by atoms with Crippen LogP contribution in [0.4, 0.5) is 17.8 Å². The first kappa shape index (κ1) is 12.4. The predicted octanol–water partition coefficient (Wildman–Crippen LogP) is 0.594. The number of aromatic nitrogens is 3. The number of unbranched alkanes of at least 4 members (excludes halogenated alkanes) is 2. The molecule has 1 heterocycles. The van der Waals surface area contributed by atoms with Crippen LogP contribution in [-0.4, -0.2) is 28.6 Å². The second-order valence-corrected chi connectivity index (χ2v) is 3.39. The van der Waals surface area contributed by atoms with E-state index >= 15 is 0 Å². The molecule has 0 amide bonds. The fourth-order valence-corrected chi connectivity index (χ4v) is 1.15. The first-order valence-corrected chi connectivity index (χ1v) is 5.27. The van der Waals surface area contributed by atoms with Gasteiger partial charge in [0.25, 0.3) is 5.95 Å². The molecule has 0 saturated carbocycles. The van der Waals surface area contributed by atoms with Crippen LogP contribution in [0.15, 0.2) is 0 Å². The molecule has 0 radical (unpaired) electrons. The van der Waals surface area contributed by atoms with Crippen LogP contribution in [0.2, 0.25) is 0 Å².